The van der Waals surface area contributed by atoms with Crippen LogP contribution in [-0.2, 0) is 19.3 Å². The summed E-state index contributed by atoms with van der Waals surface area (Å²) in [6.07, 6.45) is 9.36. The first-order valence-electron chi connectivity index (χ1n) is 12.2. The van der Waals surface area contributed by atoms with E-state index in [0.29, 0.717) is 0 Å². The van der Waals surface area contributed by atoms with Crippen molar-refractivity contribution in [2.75, 3.05) is 31.1 Å². The maximum absolute atomic E-state index is 13.0. The van der Waals surface area contributed by atoms with E-state index in [1.807, 2.05) is 40.5 Å². The topological polar surface area (TPSA) is 49.3 Å². The van der Waals surface area contributed by atoms with Crippen LogP contribution in [0.1, 0.15) is 65.7 Å². The Balaban J connectivity index is 1.42. The molecule has 174 valence electrons. The SMILES string of the molecule is CCCCc1nc(N2CCN(C(=O)c3ccc(Br)cc3)CC2)c2c3c(sc2n1)CCCCC3. The molecule has 3 aromatic rings. The third kappa shape index (κ3) is 4.80. The van der Waals surface area contributed by atoms with Crippen molar-refractivity contribution in [3.8, 4) is 0 Å². The number of halogens is 1. The Labute approximate surface area is 208 Å². The van der Waals surface area contributed by atoms with Gasteiger partial charge in [-0.15, -0.1) is 11.3 Å². The number of amides is 1. The zero-order chi connectivity index (χ0) is 22.8. The Morgan fingerprint density at radius 3 is 2.55 bits per heavy atom. The molecule has 0 saturated carbocycles. The Morgan fingerprint density at radius 2 is 1.79 bits per heavy atom. The molecule has 5 rings (SSSR count). The number of thiophene rings is 1. The molecule has 0 atom stereocenters. The van der Waals surface area contributed by atoms with Crippen molar-refractivity contribution in [1.29, 1.82) is 0 Å². The summed E-state index contributed by atoms with van der Waals surface area (Å²) in [5.41, 5.74) is 2.25. The van der Waals surface area contributed by atoms with E-state index in [9.17, 15) is 4.79 Å². The van der Waals surface area contributed by atoms with Crippen molar-refractivity contribution in [2.45, 2.75) is 58.3 Å². The first-order chi connectivity index (χ1) is 16.1. The molecular formula is C26H31BrN4OS. The lowest BCUT2D eigenvalue weighted by Crippen LogP contribution is -2.49. The molecule has 0 spiro atoms. The van der Waals surface area contributed by atoms with Gasteiger partial charge in [-0.1, -0.05) is 35.7 Å². The molecule has 0 bridgehead atoms. The average molecular weight is 528 g/mol. The zero-order valence-corrected chi connectivity index (χ0v) is 21.7. The smallest absolute Gasteiger partial charge is 0.253 e. The number of carbonyl (C=O) groups excluding carboxylic acids is 1. The molecule has 0 unspecified atom stereocenters. The van der Waals surface area contributed by atoms with E-state index in [-0.39, 0.29) is 5.91 Å². The number of nitrogens with zero attached hydrogens (tertiary/aromatic N) is 4. The molecule has 3 heterocycles. The highest BCUT2D eigenvalue weighted by Gasteiger charge is 2.27. The van der Waals surface area contributed by atoms with Crippen LogP contribution in [0.2, 0.25) is 0 Å². The molecule has 1 aliphatic carbocycles. The number of anilines is 1. The van der Waals surface area contributed by atoms with Gasteiger partial charge in [0, 0.05) is 47.5 Å². The lowest BCUT2D eigenvalue weighted by Gasteiger charge is -2.36. The lowest BCUT2D eigenvalue weighted by atomic mass is 10.1. The van der Waals surface area contributed by atoms with E-state index < -0.39 is 0 Å². The summed E-state index contributed by atoms with van der Waals surface area (Å²) in [6.45, 7) is 5.28. The van der Waals surface area contributed by atoms with Gasteiger partial charge in [0.1, 0.15) is 16.5 Å². The average Bonchev–Trinajstić information content (AvgIpc) is 3.03. The Hall–Kier alpha value is -1.99. The molecule has 1 aliphatic heterocycles. The number of piperazine rings is 1. The Bertz CT molecular complexity index is 1140. The second-order valence-electron chi connectivity index (χ2n) is 9.10. The molecule has 2 aromatic heterocycles. The first-order valence-corrected chi connectivity index (χ1v) is 13.9. The molecule has 2 aliphatic rings. The molecule has 33 heavy (non-hydrogen) atoms. The van der Waals surface area contributed by atoms with E-state index in [4.69, 9.17) is 9.97 Å². The van der Waals surface area contributed by atoms with E-state index >= 15 is 0 Å². The highest BCUT2D eigenvalue weighted by Crippen LogP contribution is 2.39. The van der Waals surface area contributed by atoms with Crippen molar-refractivity contribution in [3.05, 3.63) is 50.6 Å². The lowest BCUT2D eigenvalue weighted by molar-refractivity contribution is 0.0746. The van der Waals surface area contributed by atoms with E-state index in [1.165, 1.54) is 46.3 Å². The molecule has 1 fully saturated rings. The maximum Gasteiger partial charge on any atom is 0.253 e. The van der Waals surface area contributed by atoms with Gasteiger partial charge in [-0.3, -0.25) is 4.79 Å². The molecule has 1 aromatic carbocycles. The fourth-order valence-electron chi connectivity index (χ4n) is 4.93. The number of rotatable bonds is 5. The van der Waals surface area contributed by atoms with Crippen molar-refractivity contribution >= 4 is 49.2 Å². The Morgan fingerprint density at radius 1 is 1.03 bits per heavy atom. The minimum Gasteiger partial charge on any atom is -0.352 e. The van der Waals surface area contributed by atoms with Gasteiger partial charge in [0.05, 0.1) is 5.39 Å². The van der Waals surface area contributed by atoms with Crippen molar-refractivity contribution in [3.63, 3.8) is 0 Å². The van der Waals surface area contributed by atoms with Crippen molar-refractivity contribution in [2.24, 2.45) is 0 Å². The third-order valence-corrected chi connectivity index (χ3v) is 8.52. The molecule has 0 radical (unpaired) electrons. The van der Waals surface area contributed by atoms with E-state index in [2.05, 4.69) is 27.8 Å². The predicted octanol–water partition coefficient (Wildman–Crippen LogP) is 6.03. The van der Waals surface area contributed by atoms with Gasteiger partial charge in [-0.05, 0) is 61.9 Å². The van der Waals surface area contributed by atoms with Crippen LogP contribution in [0.3, 0.4) is 0 Å². The minimum atomic E-state index is 0.114. The number of carbonyl (C=O) groups is 1. The largest absolute Gasteiger partial charge is 0.352 e. The van der Waals surface area contributed by atoms with Crippen LogP contribution in [0, 0.1) is 0 Å². The van der Waals surface area contributed by atoms with Crippen LogP contribution in [-0.4, -0.2) is 47.0 Å². The number of fused-ring (bicyclic) bond motifs is 3. The highest BCUT2D eigenvalue weighted by atomic mass is 79.9. The van der Waals surface area contributed by atoms with Gasteiger partial charge >= 0.3 is 0 Å². The number of benzene rings is 1. The van der Waals surface area contributed by atoms with Gasteiger partial charge in [0.15, 0.2) is 0 Å². The molecule has 7 heteroatoms. The Kier molecular flexibility index (Phi) is 6.97. The quantitative estimate of drug-likeness (QED) is 0.381. The number of hydrogen-bond acceptors (Lipinski definition) is 5. The second kappa shape index (κ2) is 10.1. The minimum absolute atomic E-state index is 0.114. The van der Waals surface area contributed by atoms with Gasteiger partial charge in [0.25, 0.3) is 5.91 Å². The second-order valence-corrected chi connectivity index (χ2v) is 11.1. The van der Waals surface area contributed by atoms with E-state index in [1.54, 1.807) is 0 Å². The van der Waals surface area contributed by atoms with Crippen LogP contribution >= 0.6 is 27.3 Å². The van der Waals surface area contributed by atoms with Crippen LogP contribution in [0.4, 0.5) is 5.82 Å². The standard InChI is InChI=1S/C26H31BrN4OS/c1-2-3-9-22-28-24(23-20-7-5-4-6-8-21(20)33-25(23)29-22)30-14-16-31(17-15-30)26(32)18-10-12-19(27)13-11-18/h10-13H,2-9,14-17H2,1H3. The normalized spacial score (nSPS) is 16.7. The van der Waals surface area contributed by atoms with Gasteiger partial charge in [-0.25, -0.2) is 9.97 Å². The van der Waals surface area contributed by atoms with Crippen LogP contribution in [0.25, 0.3) is 10.2 Å². The summed E-state index contributed by atoms with van der Waals surface area (Å²) in [5.74, 6) is 2.20. The van der Waals surface area contributed by atoms with Gasteiger partial charge in [-0.2, -0.15) is 0 Å². The predicted molar refractivity (Wildman–Crippen MR) is 140 cm³/mol. The number of hydrogen-bond donors (Lipinski definition) is 0. The fraction of sp³-hybridized carbons (Fsp3) is 0.500. The number of aryl methyl sites for hydroxylation is 3. The molecule has 0 N–H and O–H groups in total. The zero-order valence-electron chi connectivity index (χ0n) is 19.3. The summed E-state index contributed by atoms with van der Waals surface area (Å²) in [4.78, 5) is 30.2. The first kappa shape index (κ1) is 22.8. The van der Waals surface area contributed by atoms with Crippen LogP contribution in [0.5, 0.6) is 0 Å². The molecule has 1 amide bonds. The summed E-state index contributed by atoms with van der Waals surface area (Å²) in [7, 11) is 0. The number of aromatic nitrogens is 2. The number of unbranched alkanes of at least 4 members (excludes halogenated alkanes) is 1. The molecule has 5 nitrogen and oxygen atoms in total. The molecule has 1 saturated heterocycles. The van der Waals surface area contributed by atoms with Gasteiger partial charge in [0.2, 0.25) is 0 Å². The van der Waals surface area contributed by atoms with Crippen molar-refractivity contribution < 1.29 is 4.79 Å². The molecular weight excluding hydrogens is 496 g/mol. The summed E-state index contributed by atoms with van der Waals surface area (Å²) in [6, 6.07) is 7.66. The summed E-state index contributed by atoms with van der Waals surface area (Å²) >= 11 is 5.35. The summed E-state index contributed by atoms with van der Waals surface area (Å²) in [5, 5.41) is 1.30. The highest BCUT2D eigenvalue weighted by molar-refractivity contribution is 9.10. The summed E-state index contributed by atoms with van der Waals surface area (Å²) < 4.78 is 0.991. The monoisotopic (exact) mass is 526 g/mol. The van der Waals surface area contributed by atoms with Crippen molar-refractivity contribution in [1.82, 2.24) is 14.9 Å². The maximum atomic E-state index is 13.0. The fourth-order valence-corrected chi connectivity index (χ4v) is 6.47. The third-order valence-electron chi connectivity index (χ3n) is 6.80. The van der Waals surface area contributed by atoms with Crippen LogP contribution < -0.4 is 4.90 Å². The van der Waals surface area contributed by atoms with Gasteiger partial charge < -0.3 is 9.80 Å². The van der Waals surface area contributed by atoms with E-state index in [0.717, 1.165) is 73.5 Å². The van der Waals surface area contributed by atoms with Crippen LogP contribution in [0.15, 0.2) is 28.7 Å².